The molecule has 1 atom stereocenters. The fraction of sp³-hybridized carbons (Fsp3) is 0.389. The van der Waals surface area contributed by atoms with Crippen molar-refractivity contribution in [1.82, 2.24) is 29.0 Å². The van der Waals surface area contributed by atoms with Crippen molar-refractivity contribution in [1.29, 1.82) is 0 Å². The first-order chi connectivity index (χ1) is 13.1. The first-order valence-electron chi connectivity index (χ1n) is 8.92. The molecule has 0 bridgehead atoms. The van der Waals surface area contributed by atoms with Gasteiger partial charge >= 0.3 is 0 Å². The summed E-state index contributed by atoms with van der Waals surface area (Å²) in [6, 6.07) is 7.02. The molecular formula is C18H17ClN6OS. The van der Waals surface area contributed by atoms with Gasteiger partial charge in [-0.1, -0.05) is 11.6 Å². The first kappa shape index (κ1) is 16.8. The topological polar surface area (TPSA) is 76.8 Å². The lowest BCUT2D eigenvalue weighted by atomic mass is 10.1. The highest BCUT2D eigenvalue weighted by molar-refractivity contribution is 7.09. The summed E-state index contributed by atoms with van der Waals surface area (Å²) in [5.41, 5.74) is 0.651. The Bertz CT molecular complexity index is 1010. The molecule has 1 aromatic carbocycles. The summed E-state index contributed by atoms with van der Waals surface area (Å²) in [6.45, 7) is 3.14. The number of hydrogen-bond acceptors (Lipinski definition) is 6. The summed E-state index contributed by atoms with van der Waals surface area (Å²) in [5, 5.41) is 10.2. The van der Waals surface area contributed by atoms with Crippen molar-refractivity contribution in [2.75, 3.05) is 6.54 Å². The number of halogens is 1. The first-order valence-corrected chi connectivity index (χ1v) is 10.1. The second-order valence-corrected chi connectivity index (χ2v) is 8.16. The van der Waals surface area contributed by atoms with Crippen molar-refractivity contribution in [3.05, 3.63) is 46.5 Å². The Hall–Kier alpha value is -2.32. The van der Waals surface area contributed by atoms with Crippen LogP contribution in [0.15, 0.2) is 24.3 Å². The summed E-state index contributed by atoms with van der Waals surface area (Å²) in [5.74, 6) is 2.80. The molecule has 3 aromatic rings. The fourth-order valence-corrected chi connectivity index (χ4v) is 4.44. The molecule has 2 aliphatic rings. The van der Waals surface area contributed by atoms with E-state index >= 15 is 0 Å². The quantitative estimate of drug-likeness (QED) is 0.673. The molecule has 1 aliphatic carbocycles. The molecule has 1 fully saturated rings. The van der Waals surface area contributed by atoms with Crippen LogP contribution in [0.1, 0.15) is 40.9 Å². The van der Waals surface area contributed by atoms with Crippen LogP contribution in [0.25, 0.3) is 10.8 Å². The summed E-state index contributed by atoms with van der Waals surface area (Å²) >= 11 is 7.30. The smallest absolute Gasteiger partial charge is 0.254 e. The number of benzene rings is 1. The van der Waals surface area contributed by atoms with E-state index in [0.29, 0.717) is 29.6 Å². The maximum Gasteiger partial charge on any atom is 0.254 e. The zero-order chi connectivity index (χ0) is 18.5. The van der Waals surface area contributed by atoms with E-state index in [2.05, 4.69) is 24.1 Å². The van der Waals surface area contributed by atoms with Crippen molar-refractivity contribution in [3.63, 3.8) is 0 Å². The van der Waals surface area contributed by atoms with Crippen LogP contribution in [-0.4, -0.2) is 41.5 Å². The van der Waals surface area contributed by atoms with E-state index in [9.17, 15) is 4.79 Å². The second kappa shape index (κ2) is 6.38. The second-order valence-electron chi connectivity index (χ2n) is 6.97. The van der Waals surface area contributed by atoms with E-state index in [1.807, 2.05) is 11.8 Å². The normalized spacial score (nSPS) is 19.2. The zero-order valence-corrected chi connectivity index (χ0v) is 16.2. The van der Waals surface area contributed by atoms with Gasteiger partial charge in [0.2, 0.25) is 0 Å². The highest BCUT2D eigenvalue weighted by Gasteiger charge is 2.44. The van der Waals surface area contributed by atoms with Crippen molar-refractivity contribution in [2.24, 2.45) is 5.92 Å². The Kier molecular flexibility index (Phi) is 3.98. The minimum absolute atomic E-state index is 0.0196. The maximum atomic E-state index is 13.1. The van der Waals surface area contributed by atoms with Gasteiger partial charge in [0.05, 0.1) is 6.04 Å². The predicted molar refractivity (Wildman–Crippen MR) is 102 cm³/mol. The molecule has 9 heteroatoms. The molecule has 5 rings (SSSR count). The molecular weight excluding hydrogens is 384 g/mol. The minimum Gasteiger partial charge on any atom is -0.326 e. The van der Waals surface area contributed by atoms with Crippen LogP contribution in [0, 0.1) is 12.8 Å². The molecule has 1 aliphatic heterocycles. The van der Waals surface area contributed by atoms with E-state index in [-0.39, 0.29) is 11.9 Å². The summed E-state index contributed by atoms with van der Waals surface area (Å²) < 4.78 is 6.36. The number of rotatable bonds is 3. The molecule has 2 aromatic heterocycles. The summed E-state index contributed by atoms with van der Waals surface area (Å²) in [4.78, 5) is 19.5. The third kappa shape index (κ3) is 2.93. The SMILES string of the molecule is Cc1nsc(-c2nnc3n2CCN(C(=O)c2ccc(Cl)cc2)C3C2CC2)n1. The molecule has 138 valence electrons. The van der Waals surface area contributed by atoms with Crippen molar-refractivity contribution in [3.8, 4) is 10.8 Å². The average Bonchev–Trinajstić information content (AvgIpc) is 3.28. The van der Waals surface area contributed by atoms with Crippen molar-refractivity contribution >= 4 is 29.0 Å². The van der Waals surface area contributed by atoms with E-state index in [1.54, 1.807) is 24.3 Å². The Labute approximate surface area is 165 Å². The van der Waals surface area contributed by atoms with Gasteiger partial charge in [-0.2, -0.15) is 4.37 Å². The van der Waals surface area contributed by atoms with Gasteiger partial charge < -0.3 is 9.47 Å². The van der Waals surface area contributed by atoms with Crippen LogP contribution in [0.2, 0.25) is 5.02 Å². The van der Waals surface area contributed by atoms with Gasteiger partial charge in [0.1, 0.15) is 5.82 Å². The molecule has 1 saturated carbocycles. The number of nitrogens with zero attached hydrogens (tertiary/aromatic N) is 6. The van der Waals surface area contributed by atoms with Gasteiger partial charge in [0.15, 0.2) is 16.7 Å². The third-order valence-electron chi connectivity index (χ3n) is 5.08. The number of fused-ring (bicyclic) bond motifs is 1. The third-order valence-corrected chi connectivity index (χ3v) is 6.14. The van der Waals surface area contributed by atoms with E-state index in [0.717, 1.165) is 35.3 Å². The Morgan fingerprint density at radius 1 is 1.19 bits per heavy atom. The zero-order valence-electron chi connectivity index (χ0n) is 14.7. The lowest BCUT2D eigenvalue weighted by Crippen LogP contribution is -2.43. The largest absolute Gasteiger partial charge is 0.326 e. The van der Waals surface area contributed by atoms with Crippen LogP contribution < -0.4 is 0 Å². The molecule has 1 amide bonds. The Morgan fingerprint density at radius 2 is 1.96 bits per heavy atom. The molecule has 0 N–H and O–H groups in total. The van der Waals surface area contributed by atoms with Gasteiger partial charge in [0.25, 0.3) is 5.91 Å². The van der Waals surface area contributed by atoms with Gasteiger partial charge in [-0.15, -0.1) is 10.2 Å². The summed E-state index contributed by atoms with van der Waals surface area (Å²) in [7, 11) is 0. The fourth-order valence-electron chi connectivity index (χ4n) is 3.65. The van der Waals surface area contributed by atoms with Crippen molar-refractivity contribution in [2.45, 2.75) is 32.4 Å². The Balaban J connectivity index is 1.51. The summed E-state index contributed by atoms with van der Waals surface area (Å²) in [6.07, 6.45) is 2.21. The molecule has 27 heavy (non-hydrogen) atoms. The lowest BCUT2D eigenvalue weighted by molar-refractivity contribution is 0.0586. The van der Waals surface area contributed by atoms with Crippen LogP contribution in [0.5, 0.6) is 0 Å². The molecule has 0 saturated heterocycles. The lowest BCUT2D eigenvalue weighted by Gasteiger charge is -2.36. The van der Waals surface area contributed by atoms with Gasteiger partial charge in [-0.05, 0) is 61.5 Å². The van der Waals surface area contributed by atoms with E-state index < -0.39 is 0 Å². The van der Waals surface area contributed by atoms with Crippen LogP contribution in [-0.2, 0) is 6.54 Å². The number of amides is 1. The molecule has 3 heterocycles. The van der Waals surface area contributed by atoms with Crippen molar-refractivity contribution < 1.29 is 4.79 Å². The number of aromatic nitrogens is 5. The van der Waals surface area contributed by atoms with Gasteiger partial charge in [-0.25, -0.2) is 4.98 Å². The molecule has 0 spiro atoms. The number of carbonyl (C=O) groups excluding carboxylic acids is 1. The predicted octanol–water partition coefficient (Wildman–Crippen LogP) is 3.37. The van der Waals surface area contributed by atoms with Crippen LogP contribution in [0.4, 0.5) is 0 Å². The molecule has 7 nitrogen and oxygen atoms in total. The monoisotopic (exact) mass is 400 g/mol. The maximum absolute atomic E-state index is 13.1. The number of aryl methyl sites for hydroxylation is 1. The average molecular weight is 401 g/mol. The van der Waals surface area contributed by atoms with Crippen LogP contribution in [0.3, 0.4) is 0 Å². The van der Waals surface area contributed by atoms with E-state index in [4.69, 9.17) is 11.6 Å². The minimum atomic E-state index is -0.0443. The standard InChI is InChI=1S/C18H17ClN6OS/c1-10-20-17(27-23-10)16-22-21-15-14(11-2-3-11)24(8-9-25(15)16)18(26)12-4-6-13(19)7-5-12/h4-7,11,14H,2-3,8-9H2,1H3. The number of carbonyl (C=O) groups is 1. The van der Waals surface area contributed by atoms with Gasteiger partial charge in [-0.3, -0.25) is 4.79 Å². The Morgan fingerprint density at radius 3 is 2.63 bits per heavy atom. The van der Waals surface area contributed by atoms with E-state index in [1.165, 1.54) is 11.5 Å². The highest BCUT2D eigenvalue weighted by Crippen LogP contribution is 2.46. The number of hydrogen-bond donors (Lipinski definition) is 0. The molecule has 0 radical (unpaired) electrons. The van der Waals surface area contributed by atoms with Gasteiger partial charge in [0, 0.05) is 23.7 Å². The highest BCUT2D eigenvalue weighted by atomic mass is 35.5. The molecule has 1 unspecified atom stereocenters. The van der Waals surface area contributed by atoms with Crippen LogP contribution >= 0.6 is 23.1 Å².